The zero-order valence-electron chi connectivity index (χ0n) is 10.2. The standard InChI is InChI=1S/C13H20Cl2N2/c1-11(16)10-12-2-4-13(5-3-12)17(8-6-14)9-7-15/h2-5,11H,6-10,16H2,1H3. The summed E-state index contributed by atoms with van der Waals surface area (Å²) in [4.78, 5) is 2.19. The Kier molecular flexibility index (Phi) is 6.71. The van der Waals surface area contributed by atoms with Gasteiger partial charge in [-0.3, -0.25) is 0 Å². The topological polar surface area (TPSA) is 29.3 Å². The van der Waals surface area contributed by atoms with Crippen molar-refractivity contribution in [1.29, 1.82) is 0 Å². The molecule has 96 valence electrons. The summed E-state index contributed by atoms with van der Waals surface area (Å²) in [6.45, 7) is 3.66. The molecule has 4 heteroatoms. The number of hydrogen-bond acceptors (Lipinski definition) is 2. The van der Waals surface area contributed by atoms with Gasteiger partial charge in [-0.2, -0.15) is 0 Å². The maximum absolute atomic E-state index is 5.78. The van der Waals surface area contributed by atoms with Crippen LogP contribution in [-0.4, -0.2) is 30.9 Å². The molecule has 1 unspecified atom stereocenters. The molecule has 0 aliphatic rings. The van der Waals surface area contributed by atoms with Crippen LogP contribution in [0.15, 0.2) is 24.3 Å². The summed E-state index contributed by atoms with van der Waals surface area (Å²) in [7, 11) is 0. The predicted octanol–water partition coefficient (Wildman–Crippen LogP) is 2.86. The first-order chi connectivity index (χ1) is 8.17. The summed E-state index contributed by atoms with van der Waals surface area (Å²) < 4.78 is 0. The minimum atomic E-state index is 0.197. The highest BCUT2D eigenvalue weighted by atomic mass is 35.5. The van der Waals surface area contributed by atoms with E-state index in [-0.39, 0.29) is 6.04 Å². The Bertz CT molecular complexity index is 306. The number of benzene rings is 1. The Hall–Kier alpha value is -0.440. The zero-order valence-corrected chi connectivity index (χ0v) is 11.7. The van der Waals surface area contributed by atoms with E-state index < -0.39 is 0 Å². The van der Waals surface area contributed by atoms with Gasteiger partial charge in [-0.25, -0.2) is 0 Å². The van der Waals surface area contributed by atoms with Gasteiger partial charge in [0, 0.05) is 36.6 Å². The molecule has 1 aromatic carbocycles. The van der Waals surface area contributed by atoms with Crippen molar-refractivity contribution in [2.75, 3.05) is 29.7 Å². The summed E-state index contributed by atoms with van der Waals surface area (Å²) in [5, 5.41) is 0. The molecule has 0 spiro atoms. The lowest BCUT2D eigenvalue weighted by atomic mass is 10.1. The monoisotopic (exact) mass is 274 g/mol. The molecule has 0 heterocycles. The molecule has 0 aliphatic heterocycles. The first kappa shape index (κ1) is 14.6. The van der Waals surface area contributed by atoms with Gasteiger partial charge in [-0.1, -0.05) is 12.1 Å². The van der Waals surface area contributed by atoms with Gasteiger partial charge in [0.25, 0.3) is 0 Å². The van der Waals surface area contributed by atoms with E-state index in [1.807, 2.05) is 6.92 Å². The smallest absolute Gasteiger partial charge is 0.0399 e. The minimum absolute atomic E-state index is 0.197. The lowest BCUT2D eigenvalue weighted by Gasteiger charge is -2.23. The number of halogens is 2. The fourth-order valence-corrected chi connectivity index (χ4v) is 2.20. The van der Waals surface area contributed by atoms with E-state index in [2.05, 4.69) is 29.2 Å². The Morgan fingerprint density at radius 3 is 2.06 bits per heavy atom. The highest BCUT2D eigenvalue weighted by molar-refractivity contribution is 6.18. The molecule has 1 rings (SSSR count). The van der Waals surface area contributed by atoms with E-state index >= 15 is 0 Å². The van der Waals surface area contributed by atoms with Crippen LogP contribution >= 0.6 is 23.2 Å². The summed E-state index contributed by atoms with van der Waals surface area (Å²) in [5.74, 6) is 1.22. The molecule has 0 fully saturated rings. The fraction of sp³-hybridized carbons (Fsp3) is 0.538. The summed E-state index contributed by atoms with van der Waals surface area (Å²) in [6, 6.07) is 8.65. The molecule has 0 saturated carbocycles. The van der Waals surface area contributed by atoms with Crippen molar-refractivity contribution in [2.45, 2.75) is 19.4 Å². The second kappa shape index (κ2) is 7.80. The van der Waals surface area contributed by atoms with Gasteiger partial charge in [-0.05, 0) is 31.0 Å². The molecule has 0 aromatic heterocycles. The lowest BCUT2D eigenvalue weighted by molar-refractivity contribution is 0.738. The normalized spacial score (nSPS) is 12.5. The summed E-state index contributed by atoms with van der Waals surface area (Å²) in [6.07, 6.45) is 0.908. The van der Waals surface area contributed by atoms with Gasteiger partial charge in [0.15, 0.2) is 0 Å². The molecule has 1 aromatic rings. The predicted molar refractivity (Wildman–Crippen MR) is 77.4 cm³/mol. The summed E-state index contributed by atoms with van der Waals surface area (Å²) in [5.41, 5.74) is 8.20. The van der Waals surface area contributed by atoms with Crippen LogP contribution in [0.4, 0.5) is 5.69 Å². The van der Waals surface area contributed by atoms with Crippen LogP contribution in [0.2, 0.25) is 0 Å². The number of nitrogens with two attached hydrogens (primary N) is 1. The van der Waals surface area contributed by atoms with Gasteiger partial charge in [0.05, 0.1) is 0 Å². The van der Waals surface area contributed by atoms with Gasteiger partial charge >= 0.3 is 0 Å². The van der Waals surface area contributed by atoms with E-state index in [0.29, 0.717) is 11.8 Å². The van der Waals surface area contributed by atoms with Crippen molar-refractivity contribution < 1.29 is 0 Å². The zero-order chi connectivity index (χ0) is 12.7. The molecule has 1 atom stereocenters. The van der Waals surface area contributed by atoms with Crippen molar-refractivity contribution in [3.05, 3.63) is 29.8 Å². The molecule has 17 heavy (non-hydrogen) atoms. The van der Waals surface area contributed by atoms with E-state index in [4.69, 9.17) is 28.9 Å². The van der Waals surface area contributed by atoms with Gasteiger partial charge in [0.2, 0.25) is 0 Å². The van der Waals surface area contributed by atoms with Crippen LogP contribution in [0.1, 0.15) is 12.5 Å². The van der Waals surface area contributed by atoms with E-state index in [0.717, 1.165) is 19.5 Å². The highest BCUT2D eigenvalue weighted by Gasteiger charge is 2.05. The number of rotatable bonds is 7. The maximum Gasteiger partial charge on any atom is 0.0399 e. The van der Waals surface area contributed by atoms with Crippen molar-refractivity contribution >= 4 is 28.9 Å². The molecule has 0 radical (unpaired) electrons. The lowest BCUT2D eigenvalue weighted by Crippen LogP contribution is -2.27. The van der Waals surface area contributed by atoms with Crippen LogP contribution < -0.4 is 10.6 Å². The third-order valence-corrected chi connectivity index (χ3v) is 2.91. The van der Waals surface area contributed by atoms with Gasteiger partial charge < -0.3 is 10.6 Å². The highest BCUT2D eigenvalue weighted by Crippen LogP contribution is 2.16. The first-order valence-corrected chi connectivity index (χ1v) is 6.95. The number of alkyl halides is 2. The van der Waals surface area contributed by atoms with E-state index in [9.17, 15) is 0 Å². The fourth-order valence-electron chi connectivity index (χ4n) is 1.79. The van der Waals surface area contributed by atoms with Gasteiger partial charge in [0.1, 0.15) is 0 Å². The minimum Gasteiger partial charge on any atom is -0.369 e. The van der Waals surface area contributed by atoms with Crippen molar-refractivity contribution in [3.63, 3.8) is 0 Å². The Morgan fingerprint density at radius 2 is 1.65 bits per heavy atom. The van der Waals surface area contributed by atoms with Crippen LogP contribution in [0, 0.1) is 0 Å². The average Bonchev–Trinajstić information content (AvgIpc) is 2.29. The maximum atomic E-state index is 5.78. The summed E-state index contributed by atoms with van der Waals surface area (Å²) >= 11 is 11.6. The number of anilines is 1. The van der Waals surface area contributed by atoms with Crippen molar-refractivity contribution in [3.8, 4) is 0 Å². The second-order valence-corrected chi connectivity index (χ2v) is 4.97. The molecule has 2 nitrogen and oxygen atoms in total. The molecular weight excluding hydrogens is 255 g/mol. The molecule has 0 amide bonds. The number of hydrogen-bond donors (Lipinski definition) is 1. The van der Waals surface area contributed by atoms with Gasteiger partial charge in [-0.15, -0.1) is 23.2 Å². The quantitative estimate of drug-likeness (QED) is 0.775. The van der Waals surface area contributed by atoms with Crippen LogP contribution in [0.3, 0.4) is 0 Å². The van der Waals surface area contributed by atoms with E-state index in [1.165, 1.54) is 11.3 Å². The first-order valence-electron chi connectivity index (χ1n) is 5.88. The van der Waals surface area contributed by atoms with Crippen molar-refractivity contribution in [1.82, 2.24) is 0 Å². The Morgan fingerprint density at radius 1 is 1.12 bits per heavy atom. The molecule has 0 aliphatic carbocycles. The second-order valence-electron chi connectivity index (χ2n) is 4.21. The molecule has 2 N–H and O–H groups in total. The number of nitrogens with zero attached hydrogens (tertiary/aromatic N) is 1. The van der Waals surface area contributed by atoms with Crippen molar-refractivity contribution in [2.24, 2.45) is 5.73 Å². The third-order valence-electron chi connectivity index (χ3n) is 2.57. The molecule has 0 bridgehead atoms. The van der Waals surface area contributed by atoms with Crippen LogP contribution in [0.25, 0.3) is 0 Å². The van der Waals surface area contributed by atoms with Crippen LogP contribution in [0.5, 0.6) is 0 Å². The SMILES string of the molecule is CC(N)Cc1ccc(N(CCCl)CCCl)cc1. The Balaban J connectivity index is 2.69. The molecule has 0 saturated heterocycles. The third kappa shape index (κ3) is 5.15. The van der Waals surface area contributed by atoms with E-state index in [1.54, 1.807) is 0 Å². The van der Waals surface area contributed by atoms with Crippen LogP contribution in [-0.2, 0) is 6.42 Å². The average molecular weight is 275 g/mol. The Labute approximate surface area is 114 Å². The largest absolute Gasteiger partial charge is 0.369 e. The molecular formula is C13H20Cl2N2.